The molecule has 1 aromatic rings. The summed E-state index contributed by atoms with van der Waals surface area (Å²) in [4.78, 5) is 11.1. The molecule has 0 radical (unpaired) electrons. The van der Waals surface area contributed by atoms with E-state index in [2.05, 4.69) is 27.1 Å². The first-order valence-electron chi connectivity index (χ1n) is 7.67. The van der Waals surface area contributed by atoms with Gasteiger partial charge >= 0.3 is 0 Å². The smallest absolute Gasteiger partial charge is 0.221 e. The Kier molecular flexibility index (Phi) is 5.59. The molecule has 0 atom stereocenters. The van der Waals surface area contributed by atoms with Crippen molar-refractivity contribution in [2.75, 3.05) is 31.6 Å². The summed E-state index contributed by atoms with van der Waals surface area (Å²) in [6.45, 7) is 10.4. The molecular formula is C15H26N4O. The first-order valence-corrected chi connectivity index (χ1v) is 7.67. The van der Waals surface area contributed by atoms with Crippen molar-refractivity contribution in [2.45, 2.75) is 46.1 Å². The summed E-state index contributed by atoms with van der Waals surface area (Å²) in [6, 6.07) is 0.506. The van der Waals surface area contributed by atoms with E-state index >= 15 is 0 Å². The first-order chi connectivity index (χ1) is 9.74. The number of nitrogens with one attached hydrogen (secondary N) is 1. The zero-order chi connectivity index (χ0) is 14.4. The molecule has 5 nitrogen and oxygen atoms in total. The van der Waals surface area contributed by atoms with Gasteiger partial charge in [0, 0.05) is 19.1 Å². The van der Waals surface area contributed by atoms with Crippen molar-refractivity contribution in [1.82, 2.24) is 14.9 Å². The lowest BCUT2D eigenvalue weighted by Gasteiger charge is -2.32. The third-order valence-electron chi connectivity index (χ3n) is 3.79. The maximum atomic E-state index is 5.52. The summed E-state index contributed by atoms with van der Waals surface area (Å²) in [7, 11) is 0. The molecule has 1 aliphatic rings. The lowest BCUT2D eigenvalue weighted by atomic mass is 10.0. The van der Waals surface area contributed by atoms with E-state index in [1.165, 1.54) is 38.9 Å². The molecule has 0 amide bonds. The highest BCUT2D eigenvalue weighted by Gasteiger charge is 2.20. The Morgan fingerprint density at radius 1 is 1.30 bits per heavy atom. The van der Waals surface area contributed by atoms with Gasteiger partial charge in [-0.25, -0.2) is 9.97 Å². The number of piperidine rings is 1. The summed E-state index contributed by atoms with van der Waals surface area (Å²) in [6.07, 6.45) is 5.16. The van der Waals surface area contributed by atoms with Crippen LogP contribution in [-0.2, 0) is 0 Å². The monoisotopic (exact) mass is 278 g/mol. The molecule has 5 heteroatoms. The Hall–Kier alpha value is -1.36. The summed E-state index contributed by atoms with van der Waals surface area (Å²) in [5.41, 5.74) is 1.00. The Labute approximate surface area is 121 Å². The van der Waals surface area contributed by atoms with Gasteiger partial charge in [-0.05, 0) is 39.7 Å². The number of nitrogens with zero attached hydrogens (tertiary/aromatic N) is 3. The third-order valence-corrected chi connectivity index (χ3v) is 3.79. The SMILES string of the molecule is CCCN1CCC(Nc2ncnc(OCC)c2C)CC1. The second kappa shape index (κ2) is 7.43. The van der Waals surface area contributed by atoms with E-state index in [0.717, 1.165) is 11.4 Å². The predicted molar refractivity (Wildman–Crippen MR) is 81.3 cm³/mol. The first kappa shape index (κ1) is 15.0. The maximum Gasteiger partial charge on any atom is 0.221 e. The quantitative estimate of drug-likeness (QED) is 0.866. The van der Waals surface area contributed by atoms with Crippen molar-refractivity contribution in [1.29, 1.82) is 0 Å². The summed E-state index contributed by atoms with van der Waals surface area (Å²) in [5, 5.41) is 3.55. The molecule has 0 unspecified atom stereocenters. The Morgan fingerprint density at radius 2 is 2.05 bits per heavy atom. The molecule has 1 N–H and O–H groups in total. The minimum Gasteiger partial charge on any atom is -0.478 e. The highest BCUT2D eigenvalue weighted by atomic mass is 16.5. The summed E-state index contributed by atoms with van der Waals surface area (Å²) >= 11 is 0. The fourth-order valence-electron chi connectivity index (χ4n) is 2.67. The average molecular weight is 278 g/mol. The maximum absolute atomic E-state index is 5.52. The second-order valence-corrected chi connectivity index (χ2v) is 5.35. The van der Waals surface area contributed by atoms with Crippen LogP contribution in [0.15, 0.2) is 6.33 Å². The van der Waals surface area contributed by atoms with E-state index in [9.17, 15) is 0 Å². The van der Waals surface area contributed by atoms with Crippen LogP contribution >= 0.6 is 0 Å². The van der Waals surface area contributed by atoms with E-state index in [-0.39, 0.29) is 0 Å². The van der Waals surface area contributed by atoms with E-state index in [1.807, 2.05) is 13.8 Å². The van der Waals surface area contributed by atoms with E-state index in [4.69, 9.17) is 4.74 Å². The van der Waals surface area contributed by atoms with Gasteiger partial charge < -0.3 is 15.0 Å². The van der Waals surface area contributed by atoms with Gasteiger partial charge in [-0.1, -0.05) is 6.92 Å². The molecule has 0 spiro atoms. The van der Waals surface area contributed by atoms with Crippen LogP contribution in [0.25, 0.3) is 0 Å². The number of hydrogen-bond acceptors (Lipinski definition) is 5. The fraction of sp³-hybridized carbons (Fsp3) is 0.733. The van der Waals surface area contributed by atoms with Gasteiger partial charge in [-0.2, -0.15) is 0 Å². The Morgan fingerprint density at radius 3 is 2.70 bits per heavy atom. The Balaban J connectivity index is 1.92. The van der Waals surface area contributed by atoms with Gasteiger partial charge in [0.15, 0.2) is 0 Å². The molecule has 1 aliphatic heterocycles. The lowest BCUT2D eigenvalue weighted by Crippen LogP contribution is -2.39. The average Bonchev–Trinajstić information content (AvgIpc) is 2.46. The standard InChI is InChI=1S/C15H26N4O/c1-4-8-19-9-6-13(7-10-19)18-14-12(3)15(20-5-2)17-11-16-14/h11,13H,4-10H2,1-3H3,(H,16,17,18). The van der Waals surface area contributed by atoms with Crippen molar-refractivity contribution >= 4 is 5.82 Å². The molecule has 2 rings (SSSR count). The predicted octanol–water partition coefficient (Wildman–Crippen LogP) is 2.47. The van der Waals surface area contributed by atoms with Crippen LogP contribution in [0.3, 0.4) is 0 Å². The highest BCUT2D eigenvalue weighted by Crippen LogP contribution is 2.23. The molecule has 0 aromatic carbocycles. The van der Waals surface area contributed by atoms with Crippen molar-refractivity contribution in [2.24, 2.45) is 0 Å². The van der Waals surface area contributed by atoms with Gasteiger partial charge in [0.2, 0.25) is 5.88 Å². The van der Waals surface area contributed by atoms with Crippen LogP contribution in [0.5, 0.6) is 5.88 Å². The number of rotatable bonds is 6. The number of hydrogen-bond donors (Lipinski definition) is 1. The van der Waals surface area contributed by atoms with Crippen LogP contribution in [0.2, 0.25) is 0 Å². The minimum absolute atomic E-state index is 0.506. The van der Waals surface area contributed by atoms with E-state index < -0.39 is 0 Å². The van der Waals surface area contributed by atoms with Crippen LogP contribution in [-0.4, -0.2) is 47.2 Å². The van der Waals surface area contributed by atoms with E-state index in [0.29, 0.717) is 18.5 Å². The largest absolute Gasteiger partial charge is 0.478 e. The highest BCUT2D eigenvalue weighted by molar-refractivity contribution is 5.48. The number of ether oxygens (including phenoxy) is 1. The normalized spacial score (nSPS) is 17.1. The molecule has 0 bridgehead atoms. The molecule has 1 aromatic heterocycles. The van der Waals surface area contributed by atoms with Gasteiger partial charge in [-0.15, -0.1) is 0 Å². The molecule has 1 saturated heterocycles. The fourth-order valence-corrected chi connectivity index (χ4v) is 2.67. The zero-order valence-corrected chi connectivity index (χ0v) is 12.9. The number of likely N-dealkylation sites (tertiary alicyclic amines) is 1. The number of aromatic nitrogens is 2. The van der Waals surface area contributed by atoms with Gasteiger partial charge in [-0.3, -0.25) is 0 Å². The molecule has 112 valence electrons. The lowest BCUT2D eigenvalue weighted by molar-refractivity contribution is 0.219. The zero-order valence-electron chi connectivity index (χ0n) is 12.9. The third kappa shape index (κ3) is 3.82. The molecule has 0 aliphatic carbocycles. The molecule has 0 saturated carbocycles. The minimum atomic E-state index is 0.506. The molecule has 1 fully saturated rings. The van der Waals surface area contributed by atoms with Crippen molar-refractivity contribution < 1.29 is 4.74 Å². The second-order valence-electron chi connectivity index (χ2n) is 5.35. The molecule has 2 heterocycles. The van der Waals surface area contributed by atoms with Gasteiger partial charge in [0.05, 0.1) is 12.2 Å². The van der Waals surface area contributed by atoms with Crippen LogP contribution in [0, 0.1) is 6.92 Å². The molecule has 20 heavy (non-hydrogen) atoms. The van der Waals surface area contributed by atoms with E-state index in [1.54, 1.807) is 6.33 Å². The Bertz CT molecular complexity index is 416. The van der Waals surface area contributed by atoms with Crippen molar-refractivity contribution in [3.63, 3.8) is 0 Å². The van der Waals surface area contributed by atoms with Crippen molar-refractivity contribution in [3.05, 3.63) is 11.9 Å². The number of anilines is 1. The van der Waals surface area contributed by atoms with Gasteiger partial charge in [0.25, 0.3) is 0 Å². The summed E-state index contributed by atoms with van der Waals surface area (Å²) in [5.74, 6) is 1.60. The van der Waals surface area contributed by atoms with Crippen LogP contribution in [0.4, 0.5) is 5.82 Å². The topological polar surface area (TPSA) is 50.3 Å². The molecular weight excluding hydrogens is 252 g/mol. The van der Waals surface area contributed by atoms with Crippen LogP contribution < -0.4 is 10.1 Å². The summed E-state index contributed by atoms with van der Waals surface area (Å²) < 4.78 is 5.52. The van der Waals surface area contributed by atoms with Crippen LogP contribution in [0.1, 0.15) is 38.7 Å². The van der Waals surface area contributed by atoms with Crippen molar-refractivity contribution in [3.8, 4) is 5.88 Å². The van der Waals surface area contributed by atoms with Gasteiger partial charge in [0.1, 0.15) is 12.1 Å².